The van der Waals surface area contributed by atoms with Crippen LogP contribution in [0.15, 0.2) is 47.6 Å². The summed E-state index contributed by atoms with van der Waals surface area (Å²) in [6.07, 6.45) is 2.92. The van der Waals surface area contributed by atoms with Gasteiger partial charge in [0.1, 0.15) is 5.82 Å². The van der Waals surface area contributed by atoms with Crippen LogP contribution in [0.2, 0.25) is 0 Å². The van der Waals surface area contributed by atoms with Gasteiger partial charge in [0.15, 0.2) is 5.96 Å². The summed E-state index contributed by atoms with van der Waals surface area (Å²) in [7, 11) is 4.01. The van der Waals surface area contributed by atoms with Crippen LogP contribution < -0.4 is 10.2 Å². The summed E-state index contributed by atoms with van der Waals surface area (Å²) >= 11 is 0. The number of aromatic nitrogens is 1. The molecule has 0 spiro atoms. The monoisotopic (exact) mass is 465 g/mol. The molecule has 0 radical (unpaired) electrons. The van der Waals surface area contributed by atoms with E-state index in [0.717, 1.165) is 37.8 Å². The Morgan fingerprint density at radius 1 is 1.23 bits per heavy atom. The number of halogens is 1. The number of guanidine groups is 1. The summed E-state index contributed by atoms with van der Waals surface area (Å²) < 4.78 is 0. The van der Waals surface area contributed by atoms with Gasteiger partial charge in [-0.2, -0.15) is 0 Å². The van der Waals surface area contributed by atoms with Crippen LogP contribution in [0.3, 0.4) is 0 Å². The smallest absolute Gasteiger partial charge is 0.194 e. The van der Waals surface area contributed by atoms with Crippen LogP contribution in [-0.4, -0.2) is 43.0 Å². The normalized spacial score (nSPS) is 13.7. The molecule has 0 bridgehead atoms. The van der Waals surface area contributed by atoms with Crippen LogP contribution >= 0.6 is 24.0 Å². The Morgan fingerprint density at radius 3 is 2.73 bits per heavy atom. The standard InChI is InChI=1S/C20H27N5.HI/c1-4-21-20(23-14-16-9-11-22-19(13-16)24(2)3)25-12-10-17-7-5-6-8-18(17)15-25;/h5-9,11,13H,4,10,12,14-15H2,1-3H3,(H,21,23);1H. The fourth-order valence-corrected chi connectivity index (χ4v) is 3.07. The summed E-state index contributed by atoms with van der Waals surface area (Å²) in [5.74, 6) is 1.95. The van der Waals surface area contributed by atoms with Gasteiger partial charge in [0.05, 0.1) is 6.54 Å². The van der Waals surface area contributed by atoms with Crippen molar-refractivity contribution in [2.75, 3.05) is 32.1 Å². The highest BCUT2D eigenvalue weighted by Gasteiger charge is 2.18. The molecule has 2 heterocycles. The molecule has 1 aliphatic rings. The Labute approximate surface area is 173 Å². The van der Waals surface area contributed by atoms with Crippen LogP contribution in [0.5, 0.6) is 0 Å². The highest BCUT2D eigenvalue weighted by Crippen LogP contribution is 2.19. The number of hydrogen-bond donors (Lipinski definition) is 1. The molecular weight excluding hydrogens is 437 g/mol. The van der Waals surface area contributed by atoms with Gasteiger partial charge in [-0.15, -0.1) is 24.0 Å². The molecule has 0 atom stereocenters. The third-order valence-corrected chi connectivity index (χ3v) is 4.44. The molecule has 0 fully saturated rings. The minimum absolute atomic E-state index is 0. The van der Waals surface area contributed by atoms with Crippen LogP contribution in [-0.2, 0) is 19.5 Å². The number of rotatable bonds is 4. The van der Waals surface area contributed by atoms with E-state index in [1.165, 1.54) is 16.7 Å². The molecular formula is C20H28IN5. The third kappa shape index (κ3) is 5.09. The van der Waals surface area contributed by atoms with Crippen molar-refractivity contribution in [1.82, 2.24) is 15.2 Å². The highest BCUT2D eigenvalue weighted by atomic mass is 127. The summed E-state index contributed by atoms with van der Waals surface area (Å²) in [4.78, 5) is 13.6. The molecule has 3 rings (SSSR count). The second kappa shape index (κ2) is 9.75. The summed E-state index contributed by atoms with van der Waals surface area (Å²) in [6, 6.07) is 12.8. The molecule has 0 amide bonds. The fourth-order valence-electron chi connectivity index (χ4n) is 3.07. The lowest BCUT2D eigenvalue weighted by atomic mass is 10.0. The molecule has 26 heavy (non-hydrogen) atoms. The van der Waals surface area contributed by atoms with Crippen molar-refractivity contribution in [3.8, 4) is 0 Å². The van der Waals surface area contributed by atoms with Gasteiger partial charge < -0.3 is 15.1 Å². The van der Waals surface area contributed by atoms with E-state index >= 15 is 0 Å². The maximum absolute atomic E-state index is 4.87. The predicted octanol–water partition coefficient (Wildman–Crippen LogP) is 3.29. The summed E-state index contributed by atoms with van der Waals surface area (Å²) in [6.45, 7) is 5.56. The fraction of sp³-hybridized carbons (Fsp3) is 0.400. The van der Waals surface area contributed by atoms with Crippen molar-refractivity contribution in [3.05, 3.63) is 59.3 Å². The van der Waals surface area contributed by atoms with Crippen LogP contribution in [0.4, 0.5) is 5.82 Å². The van der Waals surface area contributed by atoms with Gasteiger partial charge in [-0.25, -0.2) is 9.98 Å². The highest BCUT2D eigenvalue weighted by molar-refractivity contribution is 14.0. The van der Waals surface area contributed by atoms with Crippen molar-refractivity contribution in [1.29, 1.82) is 0 Å². The van der Waals surface area contributed by atoms with Gasteiger partial charge in [0.2, 0.25) is 0 Å². The van der Waals surface area contributed by atoms with Crippen molar-refractivity contribution < 1.29 is 0 Å². The molecule has 1 N–H and O–H groups in total. The van der Waals surface area contributed by atoms with Gasteiger partial charge in [0.25, 0.3) is 0 Å². The Bertz CT molecular complexity index is 744. The topological polar surface area (TPSA) is 43.8 Å². The number of anilines is 1. The zero-order chi connectivity index (χ0) is 17.6. The van der Waals surface area contributed by atoms with E-state index in [2.05, 4.69) is 52.5 Å². The first kappa shape index (κ1) is 20.5. The molecule has 6 heteroatoms. The molecule has 1 aromatic heterocycles. The molecule has 1 aliphatic heterocycles. The van der Waals surface area contributed by atoms with Gasteiger partial charge in [0, 0.05) is 39.9 Å². The Hall–Kier alpha value is -1.83. The van der Waals surface area contributed by atoms with E-state index in [1.54, 1.807) is 0 Å². The largest absolute Gasteiger partial charge is 0.363 e. The lowest BCUT2D eigenvalue weighted by Gasteiger charge is -2.31. The van der Waals surface area contributed by atoms with Gasteiger partial charge in [-0.3, -0.25) is 0 Å². The van der Waals surface area contributed by atoms with Crippen LogP contribution in [0.1, 0.15) is 23.6 Å². The number of nitrogens with one attached hydrogen (secondary N) is 1. The number of aliphatic imine (C=N–C) groups is 1. The Kier molecular flexibility index (Phi) is 7.68. The predicted molar refractivity (Wildman–Crippen MR) is 119 cm³/mol. The maximum Gasteiger partial charge on any atom is 0.194 e. The first-order valence-electron chi connectivity index (χ1n) is 8.89. The van der Waals surface area contributed by atoms with Crippen LogP contribution in [0, 0.1) is 0 Å². The van der Waals surface area contributed by atoms with Gasteiger partial charge in [-0.05, 0) is 42.2 Å². The number of hydrogen-bond acceptors (Lipinski definition) is 3. The molecule has 0 aliphatic carbocycles. The first-order chi connectivity index (χ1) is 12.2. The van der Waals surface area contributed by atoms with Crippen molar-refractivity contribution in [3.63, 3.8) is 0 Å². The molecule has 5 nitrogen and oxygen atoms in total. The molecule has 0 unspecified atom stereocenters. The lowest BCUT2D eigenvalue weighted by Crippen LogP contribution is -2.44. The second-order valence-electron chi connectivity index (χ2n) is 6.53. The minimum Gasteiger partial charge on any atom is -0.363 e. The van der Waals surface area contributed by atoms with E-state index in [9.17, 15) is 0 Å². The van der Waals surface area contributed by atoms with E-state index in [-0.39, 0.29) is 24.0 Å². The minimum atomic E-state index is 0. The Morgan fingerprint density at radius 2 is 2.00 bits per heavy atom. The van der Waals surface area contributed by atoms with E-state index in [4.69, 9.17) is 4.99 Å². The zero-order valence-corrected chi connectivity index (χ0v) is 18.1. The van der Waals surface area contributed by atoms with Crippen molar-refractivity contribution >= 4 is 35.8 Å². The van der Waals surface area contributed by atoms with Crippen molar-refractivity contribution in [2.45, 2.75) is 26.4 Å². The number of fused-ring (bicyclic) bond motifs is 1. The van der Waals surface area contributed by atoms with Gasteiger partial charge >= 0.3 is 0 Å². The van der Waals surface area contributed by atoms with Crippen LogP contribution in [0.25, 0.3) is 0 Å². The quantitative estimate of drug-likeness (QED) is 0.428. The average molecular weight is 465 g/mol. The number of nitrogens with zero attached hydrogens (tertiary/aromatic N) is 4. The maximum atomic E-state index is 4.87. The summed E-state index contributed by atoms with van der Waals surface area (Å²) in [5.41, 5.74) is 4.03. The van der Waals surface area contributed by atoms with E-state index in [0.29, 0.717) is 6.54 Å². The SMILES string of the molecule is CCNC(=NCc1ccnc(N(C)C)c1)N1CCc2ccccc2C1.I. The molecule has 1 aromatic carbocycles. The Balaban J connectivity index is 0.00000243. The second-order valence-corrected chi connectivity index (χ2v) is 6.53. The summed E-state index contributed by atoms with van der Waals surface area (Å²) in [5, 5.41) is 3.44. The van der Waals surface area contributed by atoms with Crippen molar-refractivity contribution in [2.24, 2.45) is 4.99 Å². The first-order valence-corrected chi connectivity index (χ1v) is 8.89. The molecule has 2 aromatic rings. The number of benzene rings is 1. The van der Waals surface area contributed by atoms with E-state index < -0.39 is 0 Å². The number of pyridine rings is 1. The molecule has 140 valence electrons. The van der Waals surface area contributed by atoms with Gasteiger partial charge in [-0.1, -0.05) is 24.3 Å². The third-order valence-electron chi connectivity index (χ3n) is 4.44. The zero-order valence-electron chi connectivity index (χ0n) is 15.8. The average Bonchev–Trinajstić information content (AvgIpc) is 2.65. The molecule has 0 saturated carbocycles. The lowest BCUT2D eigenvalue weighted by molar-refractivity contribution is 0.378. The molecule has 0 saturated heterocycles. The van der Waals surface area contributed by atoms with E-state index in [1.807, 2.05) is 31.3 Å².